The number of nitrogens with zero attached hydrogens (tertiary/aromatic N) is 1. The molecule has 0 saturated heterocycles. The smallest absolute Gasteiger partial charge is 0.255 e. The maximum atomic E-state index is 12.4. The number of ether oxygens (including phenoxy) is 1. The number of carbonyl (C=O) groups is 1. The molecule has 0 fully saturated rings. The molecule has 0 radical (unpaired) electrons. The summed E-state index contributed by atoms with van der Waals surface area (Å²) in [4.78, 5) is 13.3. The molecule has 19 heavy (non-hydrogen) atoms. The van der Waals surface area contributed by atoms with Crippen LogP contribution in [0.25, 0.3) is 0 Å². The molecule has 1 aromatic carbocycles. The predicted molar refractivity (Wildman–Crippen MR) is 66.6 cm³/mol. The van der Waals surface area contributed by atoms with Crippen LogP contribution in [0.4, 0.5) is 8.78 Å². The van der Waals surface area contributed by atoms with Crippen LogP contribution in [0.3, 0.4) is 0 Å². The number of carbonyl (C=O) groups excluding carboxylic acids is 1. The Labute approximate surface area is 110 Å². The van der Waals surface area contributed by atoms with E-state index in [1.165, 1.54) is 0 Å². The van der Waals surface area contributed by atoms with Gasteiger partial charge in [0.1, 0.15) is 5.75 Å². The first-order valence-corrected chi connectivity index (χ1v) is 6.15. The van der Waals surface area contributed by atoms with E-state index in [0.29, 0.717) is 12.2 Å². The van der Waals surface area contributed by atoms with Gasteiger partial charge in [0.2, 0.25) is 0 Å². The number of rotatable bonds is 5. The molecule has 0 saturated carbocycles. The Morgan fingerprint density at radius 3 is 2.95 bits per heavy atom. The molecule has 2 N–H and O–H groups in total. The van der Waals surface area contributed by atoms with Gasteiger partial charge in [0.05, 0.1) is 13.2 Å². The molecule has 6 heteroatoms. The Morgan fingerprint density at radius 2 is 2.26 bits per heavy atom. The molecule has 1 amide bonds. The zero-order valence-corrected chi connectivity index (χ0v) is 10.4. The second kappa shape index (κ2) is 5.97. The number of alkyl halides is 2. The molecule has 104 valence electrons. The first kappa shape index (κ1) is 13.7. The van der Waals surface area contributed by atoms with Crippen molar-refractivity contribution in [1.29, 1.82) is 0 Å². The van der Waals surface area contributed by atoms with E-state index in [1.807, 2.05) is 0 Å². The van der Waals surface area contributed by atoms with E-state index >= 15 is 0 Å². The van der Waals surface area contributed by atoms with Gasteiger partial charge in [-0.05, 0) is 23.8 Å². The Morgan fingerprint density at radius 1 is 1.47 bits per heavy atom. The molecular weight excluding hydrogens is 254 g/mol. The summed E-state index contributed by atoms with van der Waals surface area (Å²) in [7, 11) is 0. The molecule has 1 aromatic rings. The van der Waals surface area contributed by atoms with E-state index in [-0.39, 0.29) is 13.1 Å². The van der Waals surface area contributed by atoms with Crippen LogP contribution in [0.15, 0.2) is 18.2 Å². The van der Waals surface area contributed by atoms with E-state index < -0.39 is 18.9 Å². The lowest BCUT2D eigenvalue weighted by Gasteiger charge is -2.21. The van der Waals surface area contributed by atoms with Crippen LogP contribution in [-0.4, -0.2) is 43.5 Å². The highest BCUT2D eigenvalue weighted by Gasteiger charge is 2.21. The summed E-state index contributed by atoms with van der Waals surface area (Å²) in [6, 6.07) is 5.01. The Hall–Kier alpha value is -1.69. The molecular formula is C13H16F2N2O2. The summed E-state index contributed by atoms with van der Waals surface area (Å²) >= 11 is 0. The van der Waals surface area contributed by atoms with E-state index in [1.54, 1.807) is 18.2 Å². The van der Waals surface area contributed by atoms with Crippen molar-refractivity contribution in [2.24, 2.45) is 5.73 Å². The molecule has 0 aliphatic carbocycles. The van der Waals surface area contributed by atoms with Gasteiger partial charge in [0.15, 0.2) is 0 Å². The summed E-state index contributed by atoms with van der Waals surface area (Å²) in [5.41, 5.74) is 6.69. The number of halogens is 2. The molecule has 0 atom stereocenters. The number of fused-ring (bicyclic) bond motifs is 1. The molecule has 0 unspecified atom stereocenters. The van der Waals surface area contributed by atoms with Gasteiger partial charge in [0, 0.05) is 25.1 Å². The molecule has 0 aromatic heterocycles. The number of hydrogen-bond acceptors (Lipinski definition) is 3. The number of amides is 1. The summed E-state index contributed by atoms with van der Waals surface area (Å²) in [6.07, 6.45) is -1.82. The summed E-state index contributed by atoms with van der Waals surface area (Å²) in [5.74, 6) is 0.344. The van der Waals surface area contributed by atoms with Crippen molar-refractivity contribution in [1.82, 2.24) is 4.90 Å². The predicted octanol–water partition coefficient (Wildman–Crippen LogP) is 1.29. The minimum Gasteiger partial charge on any atom is -0.493 e. The summed E-state index contributed by atoms with van der Waals surface area (Å²) in [6.45, 7) is 0.281. The highest BCUT2D eigenvalue weighted by atomic mass is 19.3. The zero-order chi connectivity index (χ0) is 13.8. The van der Waals surface area contributed by atoms with Crippen LogP contribution in [0.2, 0.25) is 0 Å². The van der Waals surface area contributed by atoms with Crippen molar-refractivity contribution in [2.75, 3.05) is 26.2 Å². The molecule has 2 rings (SSSR count). The summed E-state index contributed by atoms with van der Waals surface area (Å²) < 4.78 is 30.2. The van der Waals surface area contributed by atoms with Gasteiger partial charge in [-0.1, -0.05) is 0 Å². The van der Waals surface area contributed by atoms with Crippen molar-refractivity contribution in [3.05, 3.63) is 29.3 Å². The molecule has 1 aliphatic rings. The van der Waals surface area contributed by atoms with Crippen LogP contribution in [0.1, 0.15) is 15.9 Å². The first-order valence-electron chi connectivity index (χ1n) is 6.15. The highest BCUT2D eigenvalue weighted by Crippen LogP contribution is 2.26. The van der Waals surface area contributed by atoms with E-state index in [2.05, 4.69) is 0 Å². The normalized spacial score (nSPS) is 13.3. The Kier molecular flexibility index (Phi) is 4.31. The monoisotopic (exact) mass is 270 g/mol. The molecule has 0 spiro atoms. The standard InChI is InChI=1S/C13H16F2N2O2/c14-12(15)8-17(5-4-16)13(18)10-1-2-11-9(7-10)3-6-19-11/h1-2,7,12H,3-6,8,16H2. The minimum absolute atomic E-state index is 0.122. The van der Waals surface area contributed by atoms with Crippen LogP contribution in [-0.2, 0) is 6.42 Å². The molecule has 1 aliphatic heterocycles. The fraction of sp³-hybridized carbons (Fsp3) is 0.462. The largest absolute Gasteiger partial charge is 0.493 e. The topological polar surface area (TPSA) is 55.6 Å². The van der Waals surface area contributed by atoms with E-state index in [9.17, 15) is 13.6 Å². The lowest BCUT2D eigenvalue weighted by atomic mass is 10.1. The van der Waals surface area contributed by atoms with Crippen LogP contribution < -0.4 is 10.5 Å². The third-order valence-corrected chi connectivity index (χ3v) is 2.98. The quantitative estimate of drug-likeness (QED) is 0.877. The number of benzene rings is 1. The fourth-order valence-electron chi connectivity index (χ4n) is 2.10. The fourth-order valence-corrected chi connectivity index (χ4v) is 2.10. The second-order valence-corrected chi connectivity index (χ2v) is 4.35. The molecule has 1 heterocycles. The van der Waals surface area contributed by atoms with Crippen molar-refractivity contribution >= 4 is 5.91 Å². The van der Waals surface area contributed by atoms with Crippen LogP contribution >= 0.6 is 0 Å². The number of hydrogen-bond donors (Lipinski definition) is 1. The van der Waals surface area contributed by atoms with Crippen molar-refractivity contribution in [3.63, 3.8) is 0 Å². The lowest BCUT2D eigenvalue weighted by Crippen LogP contribution is -2.38. The van der Waals surface area contributed by atoms with Crippen molar-refractivity contribution in [2.45, 2.75) is 12.8 Å². The minimum atomic E-state index is -2.56. The first-order chi connectivity index (χ1) is 9.11. The zero-order valence-electron chi connectivity index (χ0n) is 10.4. The highest BCUT2D eigenvalue weighted by molar-refractivity contribution is 5.94. The SMILES string of the molecule is NCCN(CC(F)F)C(=O)c1ccc2c(c1)CCO2. The van der Waals surface area contributed by atoms with Crippen molar-refractivity contribution in [3.8, 4) is 5.75 Å². The van der Waals surface area contributed by atoms with Gasteiger partial charge >= 0.3 is 0 Å². The number of nitrogens with two attached hydrogens (primary N) is 1. The van der Waals surface area contributed by atoms with Crippen molar-refractivity contribution < 1.29 is 18.3 Å². The Balaban J connectivity index is 2.16. The van der Waals surface area contributed by atoms with Crippen LogP contribution in [0, 0.1) is 0 Å². The average molecular weight is 270 g/mol. The van der Waals surface area contributed by atoms with Crippen LogP contribution in [0.5, 0.6) is 5.75 Å². The molecule has 4 nitrogen and oxygen atoms in total. The van der Waals surface area contributed by atoms with Gasteiger partial charge < -0.3 is 15.4 Å². The average Bonchev–Trinajstić information content (AvgIpc) is 2.84. The maximum absolute atomic E-state index is 12.4. The molecule has 0 bridgehead atoms. The van der Waals surface area contributed by atoms with Gasteiger partial charge in [-0.25, -0.2) is 8.78 Å². The lowest BCUT2D eigenvalue weighted by molar-refractivity contribution is 0.0563. The third kappa shape index (κ3) is 3.20. The maximum Gasteiger partial charge on any atom is 0.255 e. The van der Waals surface area contributed by atoms with Gasteiger partial charge in [-0.2, -0.15) is 0 Å². The van der Waals surface area contributed by atoms with E-state index in [4.69, 9.17) is 10.5 Å². The van der Waals surface area contributed by atoms with Gasteiger partial charge in [-0.3, -0.25) is 4.79 Å². The third-order valence-electron chi connectivity index (χ3n) is 2.98. The Bertz CT molecular complexity index is 466. The van der Waals surface area contributed by atoms with E-state index in [0.717, 1.165) is 22.6 Å². The van der Waals surface area contributed by atoms with Gasteiger partial charge in [0.25, 0.3) is 12.3 Å². The van der Waals surface area contributed by atoms with Gasteiger partial charge in [-0.15, -0.1) is 0 Å². The summed E-state index contributed by atoms with van der Waals surface area (Å²) in [5, 5.41) is 0. The second-order valence-electron chi connectivity index (χ2n) is 4.35.